The summed E-state index contributed by atoms with van der Waals surface area (Å²) < 4.78 is 11.3. The fourth-order valence-electron chi connectivity index (χ4n) is 6.39. The maximum atomic E-state index is 13.7. The zero-order valence-electron chi connectivity index (χ0n) is 20.2. The molecule has 0 aromatic carbocycles. The van der Waals surface area contributed by atoms with Gasteiger partial charge in [-0.1, -0.05) is 19.1 Å². The lowest BCUT2D eigenvalue weighted by Crippen LogP contribution is -2.53. The molecule has 4 rings (SSSR count). The summed E-state index contributed by atoms with van der Waals surface area (Å²) in [5, 5.41) is 11.4. The number of hydrogen-bond acceptors (Lipinski definition) is 7. The molecule has 0 aromatic heterocycles. The van der Waals surface area contributed by atoms with Crippen molar-refractivity contribution >= 4 is 17.5 Å². The van der Waals surface area contributed by atoms with Crippen molar-refractivity contribution in [3.63, 3.8) is 0 Å². The summed E-state index contributed by atoms with van der Waals surface area (Å²) >= 11 is 0. The van der Waals surface area contributed by atoms with Crippen LogP contribution in [0.15, 0.2) is 59.6 Å². The number of Topliss-reactive ketones (excluding diaryl/α,β-unsaturated/α-hetero) is 2. The van der Waals surface area contributed by atoms with Crippen LogP contribution < -0.4 is 0 Å². The van der Waals surface area contributed by atoms with Gasteiger partial charge in [0.25, 0.3) is 0 Å². The first kappa shape index (κ1) is 24.2. The van der Waals surface area contributed by atoms with Gasteiger partial charge >= 0.3 is 5.97 Å². The topological polar surface area (TPSA) is 93.1 Å². The van der Waals surface area contributed by atoms with Crippen LogP contribution in [-0.2, 0) is 23.9 Å². The molecule has 1 N–H and O–H groups in total. The Morgan fingerprint density at radius 2 is 1.85 bits per heavy atom. The molecule has 7 nitrogen and oxygen atoms in total. The highest BCUT2D eigenvalue weighted by Crippen LogP contribution is 2.61. The van der Waals surface area contributed by atoms with E-state index in [1.165, 1.54) is 7.11 Å². The Bertz CT molecular complexity index is 1050. The third kappa shape index (κ3) is 3.32. The summed E-state index contributed by atoms with van der Waals surface area (Å²) in [7, 11) is 1.53. The molecule has 0 spiro atoms. The molecule has 4 atom stereocenters. The monoisotopic (exact) mass is 467 g/mol. The standard InChI is InChI=1S/C27H33NO6/c1-6-12-28(13-7-2)14-16-22-24(31)23(30)21-17-8-9-19(29)26(17,3)11-10-18(21)27(22,4)20(15-33-5)34-25(16)32/h6-7,14,17,20,31H,1-2,8-13,15H2,3-5H3. The number of aliphatic hydroxyl groups is 1. The van der Waals surface area contributed by atoms with Crippen molar-refractivity contribution < 1.29 is 29.0 Å². The molecule has 4 unspecified atom stereocenters. The van der Waals surface area contributed by atoms with Gasteiger partial charge in [-0.2, -0.15) is 0 Å². The second-order valence-electron chi connectivity index (χ2n) is 10.0. The number of ether oxygens (including phenoxy) is 2. The average Bonchev–Trinajstić information content (AvgIpc) is 3.10. The molecule has 0 amide bonds. The van der Waals surface area contributed by atoms with E-state index in [4.69, 9.17) is 9.47 Å². The fraction of sp³-hybridized carbons (Fsp3) is 0.519. The van der Waals surface area contributed by atoms with Gasteiger partial charge in [-0.25, -0.2) is 4.79 Å². The van der Waals surface area contributed by atoms with Gasteiger partial charge in [0.15, 0.2) is 5.76 Å². The van der Waals surface area contributed by atoms with E-state index in [1.807, 2.05) is 18.7 Å². The zero-order valence-corrected chi connectivity index (χ0v) is 20.2. The van der Waals surface area contributed by atoms with Crippen LogP contribution in [0.25, 0.3) is 0 Å². The zero-order chi connectivity index (χ0) is 24.8. The van der Waals surface area contributed by atoms with Gasteiger partial charge < -0.3 is 19.5 Å². The Balaban J connectivity index is 1.93. The first-order valence-electron chi connectivity index (χ1n) is 11.8. The molecule has 1 saturated heterocycles. The smallest absolute Gasteiger partial charge is 0.340 e. The lowest BCUT2D eigenvalue weighted by Gasteiger charge is -2.51. The number of esters is 1. The van der Waals surface area contributed by atoms with Gasteiger partial charge in [0.05, 0.1) is 17.6 Å². The lowest BCUT2D eigenvalue weighted by molar-refractivity contribution is -0.156. The fourth-order valence-corrected chi connectivity index (χ4v) is 6.39. The van der Waals surface area contributed by atoms with Crippen molar-refractivity contribution in [2.75, 3.05) is 26.8 Å². The Kier molecular flexibility index (Phi) is 6.19. The highest BCUT2D eigenvalue weighted by molar-refractivity contribution is 6.13. The predicted molar refractivity (Wildman–Crippen MR) is 127 cm³/mol. The highest BCUT2D eigenvalue weighted by atomic mass is 16.6. The molecule has 0 radical (unpaired) electrons. The molecule has 0 aromatic rings. The summed E-state index contributed by atoms with van der Waals surface area (Å²) in [4.78, 5) is 41.4. The Morgan fingerprint density at radius 3 is 2.47 bits per heavy atom. The molecule has 2 fully saturated rings. The van der Waals surface area contributed by atoms with E-state index in [2.05, 4.69) is 13.2 Å². The van der Waals surface area contributed by atoms with E-state index in [9.17, 15) is 19.5 Å². The molecule has 1 aliphatic heterocycles. The molecular weight excluding hydrogens is 434 g/mol. The summed E-state index contributed by atoms with van der Waals surface area (Å²) in [6.45, 7) is 12.4. The number of carbonyl (C=O) groups is 3. The minimum atomic E-state index is -0.954. The first-order valence-corrected chi connectivity index (χ1v) is 11.8. The normalized spacial score (nSPS) is 34.0. The molecular formula is C27H33NO6. The van der Waals surface area contributed by atoms with E-state index < -0.39 is 34.4 Å². The second kappa shape index (κ2) is 8.69. The van der Waals surface area contributed by atoms with Crippen molar-refractivity contribution in [1.82, 2.24) is 4.90 Å². The molecule has 7 heteroatoms. The predicted octanol–water partition coefficient (Wildman–Crippen LogP) is 3.59. The number of hydrogen-bond donors (Lipinski definition) is 1. The van der Waals surface area contributed by atoms with Gasteiger partial charge in [0.2, 0.25) is 5.78 Å². The number of allylic oxidation sites excluding steroid dienone is 1. The van der Waals surface area contributed by atoms with E-state index in [0.717, 1.165) is 5.57 Å². The number of fused-ring (bicyclic) bond motifs is 4. The summed E-state index contributed by atoms with van der Waals surface area (Å²) in [5.41, 5.74) is 0.239. The van der Waals surface area contributed by atoms with E-state index >= 15 is 0 Å². The van der Waals surface area contributed by atoms with Gasteiger partial charge in [0.1, 0.15) is 11.9 Å². The Labute approximate surface area is 200 Å². The highest BCUT2D eigenvalue weighted by Gasteiger charge is 2.61. The number of ketones is 2. The summed E-state index contributed by atoms with van der Waals surface area (Å²) in [6, 6.07) is 0. The Morgan fingerprint density at radius 1 is 1.18 bits per heavy atom. The number of cyclic esters (lactones) is 1. The van der Waals surface area contributed by atoms with Crippen LogP contribution in [0, 0.1) is 16.7 Å². The van der Waals surface area contributed by atoms with Crippen LogP contribution in [0.1, 0.15) is 39.5 Å². The number of nitrogens with zero attached hydrogens (tertiary/aromatic N) is 1. The van der Waals surface area contributed by atoms with Crippen molar-refractivity contribution in [2.45, 2.75) is 45.6 Å². The van der Waals surface area contributed by atoms with Gasteiger partial charge in [-0.05, 0) is 31.8 Å². The average molecular weight is 468 g/mol. The van der Waals surface area contributed by atoms with E-state index in [0.29, 0.717) is 44.3 Å². The van der Waals surface area contributed by atoms with E-state index in [1.54, 1.807) is 18.4 Å². The molecule has 34 heavy (non-hydrogen) atoms. The third-order valence-corrected chi connectivity index (χ3v) is 8.22. The molecule has 1 heterocycles. The number of aliphatic hydroxyl groups excluding tert-OH is 1. The lowest BCUT2D eigenvalue weighted by atomic mass is 9.54. The first-order chi connectivity index (χ1) is 16.1. The summed E-state index contributed by atoms with van der Waals surface area (Å²) in [6.07, 6.45) is 6.44. The maximum Gasteiger partial charge on any atom is 0.340 e. The van der Waals surface area contributed by atoms with Crippen molar-refractivity contribution in [3.05, 3.63) is 59.6 Å². The molecule has 182 valence electrons. The van der Waals surface area contributed by atoms with Crippen molar-refractivity contribution in [2.24, 2.45) is 16.7 Å². The minimum Gasteiger partial charge on any atom is -0.504 e. The van der Waals surface area contributed by atoms with Gasteiger partial charge in [-0.3, -0.25) is 9.59 Å². The van der Waals surface area contributed by atoms with Crippen LogP contribution in [0.3, 0.4) is 0 Å². The number of rotatable bonds is 7. The van der Waals surface area contributed by atoms with Crippen LogP contribution in [0.2, 0.25) is 0 Å². The Hall–Kier alpha value is -2.93. The number of carbonyl (C=O) groups excluding carboxylic acids is 3. The third-order valence-electron chi connectivity index (χ3n) is 8.22. The largest absolute Gasteiger partial charge is 0.504 e. The van der Waals surface area contributed by atoms with Gasteiger partial charge in [-0.15, -0.1) is 13.2 Å². The van der Waals surface area contributed by atoms with Crippen LogP contribution in [0.5, 0.6) is 0 Å². The number of methoxy groups -OCH3 is 1. The quantitative estimate of drug-likeness (QED) is 0.347. The van der Waals surface area contributed by atoms with Crippen LogP contribution in [-0.4, -0.2) is 60.5 Å². The van der Waals surface area contributed by atoms with Crippen LogP contribution >= 0.6 is 0 Å². The molecule has 1 saturated carbocycles. The summed E-state index contributed by atoms with van der Waals surface area (Å²) in [5.74, 6) is -1.62. The minimum absolute atomic E-state index is 0.112. The van der Waals surface area contributed by atoms with Crippen molar-refractivity contribution in [1.29, 1.82) is 0 Å². The van der Waals surface area contributed by atoms with Gasteiger partial charge in [0, 0.05) is 55.3 Å². The van der Waals surface area contributed by atoms with Crippen LogP contribution in [0.4, 0.5) is 0 Å². The SMILES string of the molecule is C=CCN(C=C1C(=O)OC(COC)C2(C)C3=C(C(=O)C(O)=C12)C1CCC(=O)C1(C)CC3)CC=C. The maximum absolute atomic E-state index is 13.7. The van der Waals surface area contributed by atoms with Crippen molar-refractivity contribution in [3.8, 4) is 0 Å². The molecule has 4 aliphatic rings. The van der Waals surface area contributed by atoms with E-state index in [-0.39, 0.29) is 29.5 Å². The molecule has 0 bridgehead atoms. The molecule has 3 aliphatic carbocycles. The second-order valence-corrected chi connectivity index (χ2v) is 10.0.